The maximum absolute atomic E-state index is 13.3. The minimum atomic E-state index is -0.304. The number of nitrogens with zero attached hydrogens (tertiary/aromatic N) is 2. The standard InChI is InChI=1S/C23H20FN3O3S/c1-4-29-20-11-21-18(19(12-30-21)15-5-7-16(24)8-6-15)10-17(20)13(2)9-22(28)25-23-27-26-14(3)31-23/h5-12H,4H2,1-3H3,(H,25,27,28)/b13-9+. The van der Waals surface area contributed by atoms with Crippen molar-refractivity contribution in [2.24, 2.45) is 0 Å². The van der Waals surface area contributed by atoms with Crippen LogP contribution in [-0.4, -0.2) is 22.7 Å². The second-order valence-corrected chi connectivity index (χ2v) is 8.06. The van der Waals surface area contributed by atoms with Gasteiger partial charge in [0.25, 0.3) is 0 Å². The van der Waals surface area contributed by atoms with Crippen LogP contribution in [0.5, 0.6) is 5.75 Å². The van der Waals surface area contributed by atoms with Crippen molar-refractivity contribution in [1.29, 1.82) is 0 Å². The number of amides is 1. The van der Waals surface area contributed by atoms with E-state index in [-0.39, 0.29) is 11.7 Å². The van der Waals surface area contributed by atoms with E-state index in [0.717, 1.165) is 32.7 Å². The van der Waals surface area contributed by atoms with Gasteiger partial charge in [0.1, 0.15) is 22.2 Å². The zero-order valence-electron chi connectivity index (χ0n) is 17.2. The second-order valence-electron chi connectivity index (χ2n) is 6.88. The number of aromatic nitrogens is 2. The van der Waals surface area contributed by atoms with E-state index in [1.807, 2.05) is 32.9 Å². The first-order valence-corrected chi connectivity index (χ1v) is 10.5. The molecule has 0 aliphatic heterocycles. The van der Waals surface area contributed by atoms with Crippen molar-refractivity contribution >= 4 is 38.9 Å². The molecule has 6 nitrogen and oxygen atoms in total. The summed E-state index contributed by atoms with van der Waals surface area (Å²) >= 11 is 1.31. The Kier molecular flexibility index (Phi) is 5.81. The number of hydrogen-bond donors (Lipinski definition) is 1. The molecule has 0 fully saturated rings. The summed E-state index contributed by atoms with van der Waals surface area (Å²) in [5.41, 5.74) is 3.80. The summed E-state index contributed by atoms with van der Waals surface area (Å²) in [5, 5.41) is 12.6. The number of carbonyl (C=O) groups excluding carboxylic acids is 1. The van der Waals surface area contributed by atoms with Gasteiger partial charge in [-0.2, -0.15) is 0 Å². The van der Waals surface area contributed by atoms with Crippen LogP contribution in [0.25, 0.3) is 27.7 Å². The number of nitrogens with one attached hydrogen (secondary N) is 1. The number of benzene rings is 2. The lowest BCUT2D eigenvalue weighted by Gasteiger charge is -2.11. The van der Waals surface area contributed by atoms with Crippen LogP contribution in [0.2, 0.25) is 0 Å². The summed E-state index contributed by atoms with van der Waals surface area (Å²) in [4.78, 5) is 12.5. The molecule has 0 spiro atoms. The number of carbonyl (C=O) groups is 1. The molecular weight excluding hydrogens is 417 g/mol. The number of rotatable bonds is 6. The lowest BCUT2D eigenvalue weighted by Crippen LogP contribution is -2.08. The molecule has 0 bridgehead atoms. The van der Waals surface area contributed by atoms with Crippen LogP contribution in [0.1, 0.15) is 24.4 Å². The lowest BCUT2D eigenvalue weighted by atomic mass is 9.99. The van der Waals surface area contributed by atoms with Gasteiger partial charge in [0.15, 0.2) is 0 Å². The number of fused-ring (bicyclic) bond motifs is 1. The van der Waals surface area contributed by atoms with Crippen molar-refractivity contribution in [3.05, 3.63) is 65.1 Å². The number of allylic oxidation sites excluding steroid dienone is 1. The fourth-order valence-electron chi connectivity index (χ4n) is 3.25. The zero-order chi connectivity index (χ0) is 22.0. The molecule has 4 aromatic rings. The van der Waals surface area contributed by atoms with Crippen LogP contribution < -0.4 is 10.1 Å². The smallest absolute Gasteiger partial charge is 0.250 e. The third kappa shape index (κ3) is 4.49. The molecule has 0 aliphatic carbocycles. The fraction of sp³-hybridized carbons (Fsp3) is 0.174. The topological polar surface area (TPSA) is 77.2 Å². The van der Waals surface area contributed by atoms with Gasteiger partial charge in [0, 0.05) is 28.7 Å². The van der Waals surface area contributed by atoms with Gasteiger partial charge in [-0.1, -0.05) is 23.5 Å². The molecule has 2 aromatic heterocycles. The minimum absolute atomic E-state index is 0.300. The summed E-state index contributed by atoms with van der Waals surface area (Å²) in [6, 6.07) is 9.97. The van der Waals surface area contributed by atoms with Gasteiger partial charge < -0.3 is 9.15 Å². The quantitative estimate of drug-likeness (QED) is 0.384. The molecule has 1 amide bonds. The third-order valence-electron chi connectivity index (χ3n) is 4.66. The van der Waals surface area contributed by atoms with Crippen molar-refractivity contribution in [2.45, 2.75) is 20.8 Å². The Labute approximate surface area is 182 Å². The van der Waals surface area contributed by atoms with Crippen molar-refractivity contribution < 1.29 is 18.3 Å². The highest BCUT2D eigenvalue weighted by atomic mass is 32.1. The van der Waals surface area contributed by atoms with Gasteiger partial charge in [-0.15, -0.1) is 10.2 Å². The number of halogens is 1. The van der Waals surface area contributed by atoms with E-state index in [0.29, 0.717) is 23.1 Å². The molecule has 158 valence electrons. The molecular formula is C23H20FN3O3S. The highest BCUT2D eigenvalue weighted by Crippen LogP contribution is 2.37. The number of ether oxygens (including phenoxy) is 1. The van der Waals surface area contributed by atoms with Gasteiger partial charge in [-0.3, -0.25) is 10.1 Å². The van der Waals surface area contributed by atoms with Gasteiger partial charge in [-0.05, 0) is 50.1 Å². The van der Waals surface area contributed by atoms with Crippen molar-refractivity contribution in [1.82, 2.24) is 10.2 Å². The largest absolute Gasteiger partial charge is 0.493 e. The molecule has 1 N–H and O–H groups in total. The highest BCUT2D eigenvalue weighted by molar-refractivity contribution is 7.15. The molecule has 0 aliphatic rings. The highest BCUT2D eigenvalue weighted by Gasteiger charge is 2.16. The first-order chi connectivity index (χ1) is 14.9. The van der Waals surface area contributed by atoms with Gasteiger partial charge in [0.2, 0.25) is 11.0 Å². The summed E-state index contributed by atoms with van der Waals surface area (Å²) in [6.07, 6.45) is 3.14. The molecule has 8 heteroatoms. The SMILES string of the molecule is CCOc1cc2occ(-c3ccc(F)cc3)c2cc1/C(C)=C/C(=O)Nc1nnc(C)s1. The molecule has 2 aromatic carbocycles. The predicted octanol–water partition coefficient (Wildman–Crippen LogP) is 5.84. The lowest BCUT2D eigenvalue weighted by molar-refractivity contribution is -0.111. The Balaban J connectivity index is 1.73. The van der Waals surface area contributed by atoms with Gasteiger partial charge in [-0.25, -0.2) is 4.39 Å². The number of hydrogen-bond acceptors (Lipinski definition) is 6. The predicted molar refractivity (Wildman–Crippen MR) is 120 cm³/mol. The Bertz CT molecular complexity index is 1280. The first kappa shape index (κ1) is 20.7. The normalized spacial score (nSPS) is 11.7. The average molecular weight is 437 g/mol. The fourth-order valence-corrected chi connectivity index (χ4v) is 3.85. The Morgan fingerprint density at radius 3 is 2.71 bits per heavy atom. The summed E-state index contributed by atoms with van der Waals surface area (Å²) in [7, 11) is 0. The van der Waals surface area contributed by atoms with E-state index in [9.17, 15) is 9.18 Å². The number of anilines is 1. The van der Waals surface area contributed by atoms with E-state index in [1.54, 1.807) is 18.4 Å². The molecule has 0 saturated heterocycles. The molecule has 0 atom stereocenters. The van der Waals surface area contributed by atoms with Gasteiger partial charge in [0.05, 0.1) is 12.9 Å². The molecule has 2 heterocycles. The van der Waals surface area contributed by atoms with Crippen LogP contribution in [0.15, 0.2) is 53.2 Å². The number of furan rings is 1. The van der Waals surface area contributed by atoms with Crippen LogP contribution in [0.4, 0.5) is 9.52 Å². The first-order valence-electron chi connectivity index (χ1n) is 9.68. The third-order valence-corrected chi connectivity index (χ3v) is 5.41. The van der Waals surface area contributed by atoms with E-state index >= 15 is 0 Å². The van der Waals surface area contributed by atoms with Crippen LogP contribution in [0, 0.1) is 12.7 Å². The maximum Gasteiger partial charge on any atom is 0.250 e. The van der Waals surface area contributed by atoms with Crippen LogP contribution in [0.3, 0.4) is 0 Å². The van der Waals surface area contributed by atoms with E-state index in [1.165, 1.54) is 29.5 Å². The van der Waals surface area contributed by atoms with Crippen LogP contribution >= 0.6 is 11.3 Å². The van der Waals surface area contributed by atoms with E-state index in [2.05, 4.69) is 15.5 Å². The summed E-state index contributed by atoms with van der Waals surface area (Å²) < 4.78 is 24.9. The number of aryl methyl sites for hydroxylation is 1. The summed E-state index contributed by atoms with van der Waals surface area (Å²) in [6.45, 7) is 6.02. The maximum atomic E-state index is 13.3. The van der Waals surface area contributed by atoms with Crippen molar-refractivity contribution in [3.8, 4) is 16.9 Å². The van der Waals surface area contributed by atoms with E-state index < -0.39 is 0 Å². The molecule has 0 radical (unpaired) electrons. The Morgan fingerprint density at radius 2 is 2.03 bits per heavy atom. The van der Waals surface area contributed by atoms with Gasteiger partial charge >= 0.3 is 0 Å². The Hall–Kier alpha value is -3.52. The monoisotopic (exact) mass is 437 g/mol. The minimum Gasteiger partial charge on any atom is -0.493 e. The molecule has 0 saturated carbocycles. The molecule has 31 heavy (non-hydrogen) atoms. The molecule has 0 unspecified atom stereocenters. The van der Waals surface area contributed by atoms with Crippen molar-refractivity contribution in [3.63, 3.8) is 0 Å². The average Bonchev–Trinajstić information content (AvgIpc) is 3.33. The molecule has 4 rings (SSSR count). The zero-order valence-corrected chi connectivity index (χ0v) is 18.0. The van der Waals surface area contributed by atoms with Crippen LogP contribution in [-0.2, 0) is 4.79 Å². The Morgan fingerprint density at radius 1 is 1.26 bits per heavy atom. The van der Waals surface area contributed by atoms with Crippen molar-refractivity contribution in [2.75, 3.05) is 11.9 Å². The summed E-state index contributed by atoms with van der Waals surface area (Å²) in [5.74, 6) is 0.0109. The van der Waals surface area contributed by atoms with E-state index in [4.69, 9.17) is 9.15 Å². The second kappa shape index (κ2) is 8.69.